The van der Waals surface area contributed by atoms with Gasteiger partial charge in [0.25, 0.3) is 0 Å². The highest BCUT2D eigenvalue weighted by Crippen LogP contribution is 2.32. The topological polar surface area (TPSA) is 51.8 Å². The lowest BCUT2D eigenvalue weighted by Gasteiger charge is -2.09. The predicted molar refractivity (Wildman–Crippen MR) is 125 cm³/mol. The Kier molecular flexibility index (Phi) is 5.75. The molecule has 0 saturated carbocycles. The molecule has 2 aromatic carbocycles. The Morgan fingerprint density at radius 1 is 0.964 bits per heavy atom. The maximum absolute atomic E-state index is 10.9. The van der Waals surface area contributed by atoms with Crippen molar-refractivity contribution in [2.75, 3.05) is 0 Å². The molecule has 1 atom stereocenters. The third-order valence-electron chi connectivity index (χ3n) is 4.84. The molecular formula is C23H20BrIN2O. The minimum absolute atomic E-state index is 0.688. The molecule has 0 aliphatic rings. The third kappa shape index (κ3) is 4.26. The molecule has 1 unspecified atom stereocenters. The summed E-state index contributed by atoms with van der Waals surface area (Å²) >= 11 is 5.79. The summed E-state index contributed by atoms with van der Waals surface area (Å²) in [7, 11) is 0. The lowest BCUT2D eigenvalue weighted by atomic mass is 10.0. The molecule has 28 heavy (non-hydrogen) atoms. The van der Waals surface area contributed by atoms with Gasteiger partial charge in [-0.25, -0.2) is 0 Å². The van der Waals surface area contributed by atoms with Crippen molar-refractivity contribution in [1.82, 2.24) is 9.97 Å². The number of nitrogens with one attached hydrogen (secondary N) is 2. The molecule has 0 spiro atoms. The molecular weight excluding hydrogens is 527 g/mol. The van der Waals surface area contributed by atoms with Gasteiger partial charge in [-0.1, -0.05) is 42.0 Å². The molecule has 0 fully saturated rings. The monoisotopic (exact) mass is 546 g/mol. The quantitative estimate of drug-likeness (QED) is 0.251. The van der Waals surface area contributed by atoms with E-state index in [-0.39, 0.29) is 0 Å². The van der Waals surface area contributed by atoms with Crippen LogP contribution in [0, 0.1) is 10.5 Å². The van der Waals surface area contributed by atoms with Crippen LogP contribution in [-0.2, 0) is 6.42 Å². The zero-order valence-electron chi connectivity index (χ0n) is 15.3. The Morgan fingerprint density at radius 3 is 2.32 bits per heavy atom. The van der Waals surface area contributed by atoms with Gasteiger partial charge >= 0.3 is 0 Å². The second kappa shape index (κ2) is 8.27. The van der Waals surface area contributed by atoms with E-state index < -0.39 is 6.10 Å². The summed E-state index contributed by atoms with van der Waals surface area (Å²) in [6.45, 7) is 2.05. The molecule has 0 saturated heterocycles. The van der Waals surface area contributed by atoms with E-state index in [0.29, 0.717) is 0 Å². The number of hydrogen-bond donors (Lipinski definition) is 3. The van der Waals surface area contributed by atoms with Crippen LogP contribution in [0.4, 0.5) is 0 Å². The standard InChI is InChI=1S/C23H20BrIN2O/c1-14-2-4-16(5-3-14)23(28)21-13-19(15-6-8-17(25)9-7-15)20(27-21)12-18-10-11-22(24)26-18/h2-11,13,23,26-28H,12H2,1H3. The fraction of sp³-hybridized carbons (Fsp3) is 0.130. The number of halogens is 2. The van der Waals surface area contributed by atoms with Crippen molar-refractivity contribution < 1.29 is 5.11 Å². The van der Waals surface area contributed by atoms with Crippen molar-refractivity contribution >= 4 is 38.5 Å². The molecule has 0 radical (unpaired) electrons. The SMILES string of the molecule is Cc1ccc(C(O)c2cc(-c3ccc(I)cc3)c(Cc3ccc(Br)[nH]3)[nH]2)cc1. The molecule has 3 nitrogen and oxygen atoms in total. The minimum Gasteiger partial charge on any atom is -0.382 e. The maximum atomic E-state index is 10.9. The number of hydrogen-bond acceptors (Lipinski definition) is 1. The van der Waals surface area contributed by atoms with Crippen LogP contribution in [0.15, 0.2) is 71.3 Å². The first kappa shape index (κ1) is 19.5. The summed E-state index contributed by atoms with van der Waals surface area (Å²) in [5.41, 5.74) is 7.31. The Hall–Kier alpha value is -1.83. The van der Waals surface area contributed by atoms with Gasteiger partial charge in [0.1, 0.15) is 6.10 Å². The number of aliphatic hydroxyl groups is 1. The van der Waals surface area contributed by atoms with Gasteiger partial charge in [0, 0.05) is 32.6 Å². The number of H-pyrrole nitrogens is 2. The molecule has 2 heterocycles. The molecule has 142 valence electrons. The summed E-state index contributed by atoms with van der Waals surface area (Å²) in [5, 5.41) is 10.9. The Balaban J connectivity index is 1.74. The Bertz CT molecular complexity index is 1080. The fourth-order valence-electron chi connectivity index (χ4n) is 3.33. The van der Waals surface area contributed by atoms with Crippen LogP contribution >= 0.6 is 38.5 Å². The van der Waals surface area contributed by atoms with Crippen molar-refractivity contribution in [3.05, 3.63) is 103 Å². The predicted octanol–water partition coefficient (Wildman–Crippen LogP) is 6.36. The molecule has 0 aliphatic carbocycles. The van der Waals surface area contributed by atoms with Gasteiger partial charge in [0.2, 0.25) is 0 Å². The van der Waals surface area contributed by atoms with E-state index in [1.807, 2.05) is 37.3 Å². The van der Waals surface area contributed by atoms with E-state index in [1.54, 1.807) is 0 Å². The molecule has 4 aromatic rings. The second-order valence-electron chi connectivity index (χ2n) is 6.95. The number of aromatic amines is 2. The van der Waals surface area contributed by atoms with Gasteiger partial charge in [-0.05, 0) is 86.9 Å². The lowest BCUT2D eigenvalue weighted by molar-refractivity contribution is 0.216. The number of rotatable bonds is 5. The van der Waals surface area contributed by atoms with Gasteiger partial charge in [-0.3, -0.25) is 0 Å². The van der Waals surface area contributed by atoms with Gasteiger partial charge in [-0.2, -0.15) is 0 Å². The highest BCUT2D eigenvalue weighted by molar-refractivity contribution is 14.1. The average Bonchev–Trinajstić information content (AvgIpc) is 3.29. The first-order chi connectivity index (χ1) is 13.5. The first-order valence-electron chi connectivity index (χ1n) is 9.05. The number of aliphatic hydroxyl groups excluding tert-OH is 1. The zero-order valence-corrected chi connectivity index (χ0v) is 19.1. The normalized spacial score (nSPS) is 12.3. The van der Waals surface area contributed by atoms with Crippen LogP contribution in [-0.4, -0.2) is 15.1 Å². The highest BCUT2D eigenvalue weighted by Gasteiger charge is 2.18. The van der Waals surface area contributed by atoms with E-state index in [4.69, 9.17) is 0 Å². The van der Waals surface area contributed by atoms with Crippen LogP contribution in [0.25, 0.3) is 11.1 Å². The van der Waals surface area contributed by atoms with Gasteiger partial charge < -0.3 is 15.1 Å². The molecule has 0 amide bonds. The number of aromatic nitrogens is 2. The smallest absolute Gasteiger partial charge is 0.119 e. The van der Waals surface area contributed by atoms with E-state index >= 15 is 0 Å². The van der Waals surface area contributed by atoms with E-state index in [0.717, 1.165) is 44.8 Å². The van der Waals surface area contributed by atoms with Crippen LogP contribution in [0.2, 0.25) is 0 Å². The first-order valence-corrected chi connectivity index (χ1v) is 10.9. The zero-order chi connectivity index (χ0) is 19.7. The molecule has 2 aromatic heterocycles. The van der Waals surface area contributed by atoms with Crippen molar-refractivity contribution in [1.29, 1.82) is 0 Å². The van der Waals surface area contributed by atoms with Crippen LogP contribution in [0.3, 0.4) is 0 Å². The molecule has 0 aliphatic heterocycles. The van der Waals surface area contributed by atoms with Crippen molar-refractivity contribution in [3.8, 4) is 11.1 Å². The van der Waals surface area contributed by atoms with Crippen molar-refractivity contribution in [2.24, 2.45) is 0 Å². The third-order valence-corrected chi connectivity index (χ3v) is 6.02. The van der Waals surface area contributed by atoms with Gasteiger partial charge in [-0.15, -0.1) is 0 Å². The molecule has 3 N–H and O–H groups in total. The summed E-state index contributed by atoms with van der Waals surface area (Å²) in [6, 6.07) is 22.6. The Labute approximate surface area is 186 Å². The Morgan fingerprint density at radius 2 is 1.68 bits per heavy atom. The van der Waals surface area contributed by atoms with Crippen molar-refractivity contribution in [3.63, 3.8) is 0 Å². The summed E-state index contributed by atoms with van der Waals surface area (Å²) in [4.78, 5) is 6.80. The minimum atomic E-state index is -0.688. The maximum Gasteiger partial charge on any atom is 0.119 e. The van der Waals surface area contributed by atoms with E-state index in [1.165, 1.54) is 9.13 Å². The van der Waals surface area contributed by atoms with E-state index in [2.05, 4.69) is 84.9 Å². The van der Waals surface area contributed by atoms with Crippen LogP contribution in [0.5, 0.6) is 0 Å². The number of aryl methyl sites for hydroxylation is 1. The molecule has 0 bridgehead atoms. The number of benzene rings is 2. The van der Waals surface area contributed by atoms with Gasteiger partial charge in [0.15, 0.2) is 0 Å². The summed E-state index contributed by atoms with van der Waals surface area (Å²) in [6.07, 6.45) is 0.0420. The average molecular weight is 547 g/mol. The summed E-state index contributed by atoms with van der Waals surface area (Å²) in [5.74, 6) is 0. The molecule has 4 rings (SSSR count). The molecule has 5 heteroatoms. The van der Waals surface area contributed by atoms with Crippen molar-refractivity contribution in [2.45, 2.75) is 19.4 Å². The van der Waals surface area contributed by atoms with E-state index in [9.17, 15) is 5.11 Å². The highest BCUT2D eigenvalue weighted by atomic mass is 127. The summed E-state index contributed by atoms with van der Waals surface area (Å²) < 4.78 is 2.16. The lowest BCUT2D eigenvalue weighted by Crippen LogP contribution is -2.00. The second-order valence-corrected chi connectivity index (χ2v) is 9.05. The van der Waals surface area contributed by atoms with Crippen LogP contribution < -0.4 is 0 Å². The largest absolute Gasteiger partial charge is 0.382 e. The fourth-order valence-corrected chi connectivity index (χ4v) is 4.07. The van der Waals surface area contributed by atoms with Crippen LogP contribution in [0.1, 0.15) is 34.3 Å². The van der Waals surface area contributed by atoms with Gasteiger partial charge in [0.05, 0.1) is 4.60 Å².